The zero-order chi connectivity index (χ0) is 17.1. The van der Waals surface area contributed by atoms with E-state index in [2.05, 4.69) is 20.5 Å². The van der Waals surface area contributed by atoms with Crippen LogP contribution in [0.5, 0.6) is 5.75 Å². The number of para-hydroxylation sites is 2. The number of hydrazone groups is 1. The van der Waals surface area contributed by atoms with E-state index in [1.807, 2.05) is 38.1 Å². The van der Waals surface area contributed by atoms with Gasteiger partial charge in [-0.25, -0.2) is 10.4 Å². The third kappa shape index (κ3) is 3.80. The molecule has 0 radical (unpaired) electrons. The van der Waals surface area contributed by atoms with Gasteiger partial charge < -0.3 is 9.72 Å². The predicted octanol–water partition coefficient (Wildman–Crippen LogP) is 5.10. The van der Waals surface area contributed by atoms with Crippen LogP contribution in [0.1, 0.15) is 19.4 Å². The van der Waals surface area contributed by atoms with Crippen molar-refractivity contribution in [2.24, 2.45) is 5.10 Å². The van der Waals surface area contributed by atoms with Crippen molar-refractivity contribution in [3.05, 3.63) is 52.0 Å². The molecule has 1 heterocycles. The van der Waals surface area contributed by atoms with Crippen LogP contribution in [0, 0.1) is 0 Å². The highest BCUT2D eigenvalue weighted by atomic mass is 35.5. The number of hydrogen-bond donors (Lipinski definition) is 2. The molecule has 0 saturated heterocycles. The molecule has 1 aromatic heterocycles. The van der Waals surface area contributed by atoms with E-state index in [4.69, 9.17) is 27.9 Å². The molecule has 0 unspecified atom stereocenters. The molecule has 0 atom stereocenters. The van der Waals surface area contributed by atoms with Crippen molar-refractivity contribution in [2.75, 3.05) is 5.43 Å². The summed E-state index contributed by atoms with van der Waals surface area (Å²) in [5.74, 6) is 1.04. The molecule has 24 heavy (non-hydrogen) atoms. The number of H-pyrrole nitrogens is 1. The summed E-state index contributed by atoms with van der Waals surface area (Å²) in [6.45, 7) is 3.83. The zero-order valence-electron chi connectivity index (χ0n) is 13.2. The Balaban J connectivity index is 1.74. The first kappa shape index (κ1) is 16.6. The van der Waals surface area contributed by atoms with Gasteiger partial charge in [0.1, 0.15) is 0 Å². The Morgan fingerprint density at radius 1 is 1.21 bits per heavy atom. The van der Waals surface area contributed by atoms with Gasteiger partial charge in [0.25, 0.3) is 0 Å². The van der Waals surface area contributed by atoms with E-state index >= 15 is 0 Å². The van der Waals surface area contributed by atoms with Crippen molar-refractivity contribution in [3.8, 4) is 5.75 Å². The Morgan fingerprint density at radius 3 is 2.58 bits per heavy atom. The number of ether oxygens (including phenoxy) is 1. The molecule has 0 aliphatic rings. The molecule has 0 amide bonds. The van der Waals surface area contributed by atoms with Gasteiger partial charge in [0.05, 0.1) is 33.4 Å². The van der Waals surface area contributed by atoms with Crippen LogP contribution in [0.15, 0.2) is 41.5 Å². The van der Waals surface area contributed by atoms with E-state index < -0.39 is 0 Å². The van der Waals surface area contributed by atoms with E-state index in [1.165, 1.54) is 0 Å². The molecule has 0 aliphatic carbocycles. The van der Waals surface area contributed by atoms with Crippen LogP contribution in [0.3, 0.4) is 0 Å². The maximum atomic E-state index is 6.22. The molecule has 2 N–H and O–H groups in total. The van der Waals surface area contributed by atoms with Crippen LogP contribution in [-0.2, 0) is 0 Å². The molecular weight excluding hydrogens is 347 g/mol. The highest BCUT2D eigenvalue weighted by Crippen LogP contribution is 2.34. The van der Waals surface area contributed by atoms with Gasteiger partial charge in [-0.15, -0.1) is 0 Å². The van der Waals surface area contributed by atoms with Gasteiger partial charge in [-0.05, 0) is 43.7 Å². The molecule has 0 saturated carbocycles. The highest BCUT2D eigenvalue weighted by Gasteiger charge is 2.10. The fraction of sp³-hybridized carbons (Fsp3) is 0.176. The van der Waals surface area contributed by atoms with E-state index in [-0.39, 0.29) is 6.10 Å². The zero-order valence-corrected chi connectivity index (χ0v) is 14.7. The lowest BCUT2D eigenvalue weighted by Gasteiger charge is -2.13. The minimum Gasteiger partial charge on any atom is -0.488 e. The second-order valence-electron chi connectivity index (χ2n) is 5.45. The number of benzene rings is 2. The number of hydrogen-bond acceptors (Lipinski definition) is 4. The van der Waals surface area contributed by atoms with Crippen molar-refractivity contribution in [3.63, 3.8) is 0 Å². The van der Waals surface area contributed by atoms with Crippen molar-refractivity contribution in [1.29, 1.82) is 0 Å². The van der Waals surface area contributed by atoms with Gasteiger partial charge in [-0.1, -0.05) is 35.3 Å². The van der Waals surface area contributed by atoms with Gasteiger partial charge in [-0.2, -0.15) is 5.10 Å². The van der Waals surface area contributed by atoms with Crippen LogP contribution >= 0.6 is 23.2 Å². The van der Waals surface area contributed by atoms with Crippen LogP contribution in [0.4, 0.5) is 5.95 Å². The predicted molar refractivity (Wildman–Crippen MR) is 99.5 cm³/mol. The van der Waals surface area contributed by atoms with Gasteiger partial charge in [0.15, 0.2) is 5.75 Å². The number of aromatic amines is 1. The van der Waals surface area contributed by atoms with Crippen molar-refractivity contribution in [1.82, 2.24) is 9.97 Å². The molecule has 0 spiro atoms. The Bertz CT molecular complexity index is 833. The Morgan fingerprint density at radius 2 is 1.92 bits per heavy atom. The molecule has 0 bridgehead atoms. The average Bonchev–Trinajstić information content (AvgIpc) is 2.93. The van der Waals surface area contributed by atoms with Crippen LogP contribution in [0.2, 0.25) is 10.0 Å². The molecule has 2 aromatic carbocycles. The quantitative estimate of drug-likeness (QED) is 0.490. The number of anilines is 1. The lowest BCUT2D eigenvalue weighted by molar-refractivity contribution is 0.243. The van der Waals surface area contributed by atoms with Crippen molar-refractivity contribution >= 4 is 46.4 Å². The fourth-order valence-electron chi connectivity index (χ4n) is 2.18. The number of aromatic nitrogens is 2. The second-order valence-corrected chi connectivity index (χ2v) is 6.27. The molecule has 7 heteroatoms. The number of nitrogens with zero attached hydrogens (tertiary/aromatic N) is 2. The Labute approximate surface area is 149 Å². The largest absolute Gasteiger partial charge is 0.488 e. The molecule has 0 fully saturated rings. The van der Waals surface area contributed by atoms with Gasteiger partial charge in [-0.3, -0.25) is 0 Å². The van der Waals surface area contributed by atoms with E-state index in [9.17, 15) is 0 Å². The van der Waals surface area contributed by atoms with Crippen LogP contribution < -0.4 is 10.2 Å². The number of fused-ring (bicyclic) bond motifs is 1. The topological polar surface area (TPSA) is 62.3 Å². The minimum absolute atomic E-state index is 0.00531. The first-order valence-electron chi connectivity index (χ1n) is 7.42. The van der Waals surface area contributed by atoms with E-state index in [1.54, 1.807) is 18.3 Å². The van der Waals surface area contributed by atoms with E-state index in [0.29, 0.717) is 21.7 Å². The van der Waals surface area contributed by atoms with Gasteiger partial charge in [0, 0.05) is 0 Å². The summed E-state index contributed by atoms with van der Waals surface area (Å²) in [5, 5.41) is 5.04. The molecule has 0 aliphatic heterocycles. The number of nitrogens with one attached hydrogen (secondary N) is 2. The summed E-state index contributed by atoms with van der Waals surface area (Å²) >= 11 is 12.4. The summed E-state index contributed by atoms with van der Waals surface area (Å²) in [5.41, 5.74) is 5.42. The molecular formula is C17H16Cl2N4O. The first-order valence-corrected chi connectivity index (χ1v) is 8.18. The second kappa shape index (κ2) is 7.11. The molecule has 124 valence electrons. The Hall–Kier alpha value is -2.24. The maximum absolute atomic E-state index is 6.22. The third-order valence-electron chi connectivity index (χ3n) is 3.15. The highest BCUT2D eigenvalue weighted by molar-refractivity contribution is 6.37. The number of halogens is 2. The normalized spacial score (nSPS) is 11.5. The summed E-state index contributed by atoms with van der Waals surface area (Å²) < 4.78 is 5.60. The Kier molecular flexibility index (Phi) is 4.92. The minimum atomic E-state index is -0.00531. The van der Waals surface area contributed by atoms with Crippen molar-refractivity contribution in [2.45, 2.75) is 20.0 Å². The number of imidazole rings is 1. The standard InChI is InChI=1S/C17H16Cl2N4O/c1-10(2)24-16-12(18)7-11(8-13(16)19)9-20-23-17-21-14-5-3-4-6-15(14)22-17/h3-10H,1-2H3,(H2,21,22,23)/b20-9-. The molecule has 3 rings (SSSR count). The molecule has 3 aromatic rings. The smallest absolute Gasteiger partial charge is 0.222 e. The summed E-state index contributed by atoms with van der Waals surface area (Å²) in [7, 11) is 0. The summed E-state index contributed by atoms with van der Waals surface area (Å²) in [6.07, 6.45) is 1.61. The number of rotatable bonds is 5. The summed E-state index contributed by atoms with van der Waals surface area (Å²) in [4.78, 5) is 7.50. The third-order valence-corrected chi connectivity index (χ3v) is 3.71. The van der Waals surface area contributed by atoms with E-state index in [0.717, 1.165) is 16.6 Å². The summed E-state index contributed by atoms with van der Waals surface area (Å²) in [6, 6.07) is 11.2. The van der Waals surface area contributed by atoms with Crippen LogP contribution in [-0.4, -0.2) is 22.3 Å². The van der Waals surface area contributed by atoms with Gasteiger partial charge in [0.2, 0.25) is 5.95 Å². The van der Waals surface area contributed by atoms with Gasteiger partial charge >= 0.3 is 0 Å². The lowest BCUT2D eigenvalue weighted by Crippen LogP contribution is -2.06. The lowest BCUT2D eigenvalue weighted by atomic mass is 10.2. The average molecular weight is 363 g/mol. The fourth-order valence-corrected chi connectivity index (χ4v) is 2.77. The van der Waals surface area contributed by atoms with Crippen LogP contribution in [0.25, 0.3) is 11.0 Å². The first-order chi connectivity index (χ1) is 11.5. The maximum Gasteiger partial charge on any atom is 0.222 e. The SMILES string of the molecule is CC(C)Oc1c(Cl)cc(/C=N\Nc2nc3ccccc3[nH]2)cc1Cl. The molecule has 5 nitrogen and oxygen atoms in total. The van der Waals surface area contributed by atoms with Crippen molar-refractivity contribution < 1.29 is 4.74 Å². The monoisotopic (exact) mass is 362 g/mol.